The van der Waals surface area contributed by atoms with E-state index in [2.05, 4.69) is 29.8 Å². The SMILES string of the molecule is CCCOc1ccc(-c2csc(C3COCCN3)n2)cc1. The lowest BCUT2D eigenvalue weighted by molar-refractivity contribution is 0.0768. The van der Waals surface area contributed by atoms with Crippen LogP contribution in [0.4, 0.5) is 0 Å². The van der Waals surface area contributed by atoms with E-state index < -0.39 is 0 Å². The van der Waals surface area contributed by atoms with Gasteiger partial charge in [0.2, 0.25) is 0 Å². The Morgan fingerprint density at radius 3 is 2.95 bits per heavy atom. The summed E-state index contributed by atoms with van der Waals surface area (Å²) in [5.41, 5.74) is 2.14. The lowest BCUT2D eigenvalue weighted by Gasteiger charge is -2.21. The van der Waals surface area contributed by atoms with E-state index in [-0.39, 0.29) is 6.04 Å². The van der Waals surface area contributed by atoms with Crippen molar-refractivity contribution >= 4 is 11.3 Å². The summed E-state index contributed by atoms with van der Waals surface area (Å²) in [7, 11) is 0. The molecule has 0 radical (unpaired) electrons. The van der Waals surface area contributed by atoms with E-state index in [1.807, 2.05) is 12.1 Å². The third-order valence-corrected chi connectivity index (χ3v) is 4.32. The third kappa shape index (κ3) is 3.61. The number of benzene rings is 1. The number of morpholine rings is 1. The molecule has 1 aliphatic heterocycles. The van der Waals surface area contributed by atoms with Crippen LogP contribution in [0, 0.1) is 0 Å². The second kappa shape index (κ2) is 7.02. The minimum atomic E-state index is 0.227. The Labute approximate surface area is 129 Å². The minimum absolute atomic E-state index is 0.227. The molecular formula is C16H20N2O2S. The Balaban J connectivity index is 1.70. The largest absolute Gasteiger partial charge is 0.494 e. The molecule has 2 heterocycles. The van der Waals surface area contributed by atoms with Crippen molar-refractivity contribution in [1.29, 1.82) is 0 Å². The molecule has 112 valence electrons. The van der Waals surface area contributed by atoms with E-state index in [1.54, 1.807) is 11.3 Å². The van der Waals surface area contributed by atoms with Gasteiger partial charge in [-0.15, -0.1) is 11.3 Å². The first-order valence-corrected chi connectivity index (χ1v) is 8.24. The highest BCUT2D eigenvalue weighted by atomic mass is 32.1. The first-order valence-electron chi connectivity index (χ1n) is 7.36. The third-order valence-electron chi connectivity index (χ3n) is 3.36. The molecule has 1 atom stereocenters. The van der Waals surface area contributed by atoms with Gasteiger partial charge in [0.1, 0.15) is 10.8 Å². The Kier molecular flexibility index (Phi) is 4.85. The number of thiazole rings is 1. The summed E-state index contributed by atoms with van der Waals surface area (Å²) in [4.78, 5) is 4.73. The van der Waals surface area contributed by atoms with Crippen LogP contribution in [0.3, 0.4) is 0 Å². The summed E-state index contributed by atoms with van der Waals surface area (Å²) in [5.74, 6) is 0.915. The van der Waals surface area contributed by atoms with Crippen LogP contribution in [-0.2, 0) is 4.74 Å². The molecule has 0 bridgehead atoms. The van der Waals surface area contributed by atoms with Gasteiger partial charge in [-0.2, -0.15) is 0 Å². The molecule has 0 spiro atoms. The first-order chi connectivity index (χ1) is 10.4. The Hall–Kier alpha value is -1.43. The number of hydrogen-bond acceptors (Lipinski definition) is 5. The molecule has 4 nitrogen and oxygen atoms in total. The van der Waals surface area contributed by atoms with Crippen molar-refractivity contribution in [3.05, 3.63) is 34.7 Å². The molecule has 1 aliphatic rings. The van der Waals surface area contributed by atoms with Crippen molar-refractivity contribution in [3.63, 3.8) is 0 Å². The topological polar surface area (TPSA) is 43.4 Å². The predicted octanol–water partition coefficient (Wildman–Crippen LogP) is 3.26. The van der Waals surface area contributed by atoms with Crippen molar-refractivity contribution < 1.29 is 9.47 Å². The maximum absolute atomic E-state index is 5.60. The van der Waals surface area contributed by atoms with E-state index in [9.17, 15) is 0 Å². The van der Waals surface area contributed by atoms with Crippen LogP contribution in [0.15, 0.2) is 29.6 Å². The highest BCUT2D eigenvalue weighted by Crippen LogP contribution is 2.27. The van der Waals surface area contributed by atoms with Crippen molar-refractivity contribution in [2.24, 2.45) is 0 Å². The molecule has 1 unspecified atom stereocenters. The van der Waals surface area contributed by atoms with Crippen molar-refractivity contribution in [1.82, 2.24) is 10.3 Å². The maximum atomic E-state index is 5.60. The molecule has 0 amide bonds. The summed E-state index contributed by atoms with van der Waals surface area (Å²) in [6.45, 7) is 5.25. The molecule has 21 heavy (non-hydrogen) atoms. The maximum Gasteiger partial charge on any atom is 0.119 e. The standard InChI is InChI=1S/C16H20N2O2S/c1-2-8-20-13-5-3-12(4-6-13)15-11-21-16(18-15)14-10-19-9-7-17-14/h3-6,11,14,17H,2,7-10H2,1H3. The average molecular weight is 304 g/mol. The van der Waals surface area contributed by atoms with Gasteiger partial charge < -0.3 is 14.8 Å². The minimum Gasteiger partial charge on any atom is -0.494 e. The molecule has 1 fully saturated rings. The number of hydrogen-bond donors (Lipinski definition) is 1. The summed E-state index contributed by atoms with van der Waals surface area (Å²) < 4.78 is 11.1. The Bertz CT molecular complexity index is 562. The van der Waals surface area contributed by atoms with Gasteiger partial charge in [-0.1, -0.05) is 6.92 Å². The quantitative estimate of drug-likeness (QED) is 0.921. The van der Waals surface area contributed by atoms with Gasteiger partial charge in [0.25, 0.3) is 0 Å². The molecule has 0 aliphatic carbocycles. The van der Waals surface area contributed by atoms with Crippen LogP contribution >= 0.6 is 11.3 Å². The molecule has 1 N–H and O–H groups in total. The fourth-order valence-electron chi connectivity index (χ4n) is 2.25. The zero-order valence-corrected chi connectivity index (χ0v) is 13.0. The molecule has 5 heteroatoms. The van der Waals surface area contributed by atoms with E-state index in [0.717, 1.165) is 48.2 Å². The fourth-order valence-corrected chi connectivity index (χ4v) is 3.13. The molecule has 1 aromatic heterocycles. The highest BCUT2D eigenvalue weighted by Gasteiger charge is 2.18. The molecule has 1 aromatic carbocycles. The van der Waals surface area contributed by atoms with Crippen LogP contribution in [-0.4, -0.2) is 31.3 Å². The van der Waals surface area contributed by atoms with Crippen LogP contribution in [0.25, 0.3) is 11.3 Å². The molecule has 1 saturated heterocycles. The molecule has 0 saturated carbocycles. The lowest BCUT2D eigenvalue weighted by atomic mass is 10.1. The van der Waals surface area contributed by atoms with E-state index in [1.165, 1.54) is 0 Å². The van der Waals surface area contributed by atoms with Gasteiger partial charge in [-0.05, 0) is 30.7 Å². The predicted molar refractivity (Wildman–Crippen MR) is 84.9 cm³/mol. The Morgan fingerprint density at radius 1 is 1.38 bits per heavy atom. The number of rotatable bonds is 5. The molecule has 3 rings (SSSR count). The van der Waals surface area contributed by atoms with Gasteiger partial charge >= 0.3 is 0 Å². The zero-order chi connectivity index (χ0) is 14.5. The average Bonchev–Trinajstić information content (AvgIpc) is 3.04. The smallest absolute Gasteiger partial charge is 0.119 e. The van der Waals surface area contributed by atoms with Crippen LogP contribution in [0.2, 0.25) is 0 Å². The van der Waals surface area contributed by atoms with Crippen LogP contribution < -0.4 is 10.1 Å². The van der Waals surface area contributed by atoms with E-state index in [4.69, 9.17) is 14.5 Å². The van der Waals surface area contributed by atoms with Crippen LogP contribution in [0.1, 0.15) is 24.4 Å². The monoisotopic (exact) mass is 304 g/mol. The van der Waals surface area contributed by atoms with E-state index >= 15 is 0 Å². The Morgan fingerprint density at radius 2 is 2.24 bits per heavy atom. The molecular weight excluding hydrogens is 284 g/mol. The fraction of sp³-hybridized carbons (Fsp3) is 0.438. The van der Waals surface area contributed by atoms with Crippen molar-refractivity contribution in [2.45, 2.75) is 19.4 Å². The zero-order valence-electron chi connectivity index (χ0n) is 12.2. The van der Waals surface area contributed by atoms with Gasteiger partial charge in [-0.3, -0.25) is 0 Å². The molecule has 2 aromatic rings. The lowest BCUT2D eigenvalue weighted by Crippen LogP contribution is -2.34. The normalized spacial score (nSPS) is 18.6. The van der Waals surface area contributed by atoms with Gasteiger partial charge in [0.05, 0.1) is 31.6 Å². The van der Waals surface area contributed by atoms with Crippen molar-refractivity contribution in [2.75, 3.05) is 26.4 Å². The number of aromatic nitrogens is 1. The van der Waals surface area contributed by atoms with E-state index in [0.29, 0.717) is 6.61 Å². The van der Waals surface area contributed by atoms with Gasteiger partial charge in [0, 0.05) is 17.5 Å². The number of nitrogens with one attached hydrogen (secondary N) is 1. The van der Waals surface area contributed by atoms with Crippen molar-refractivity contribution in [3.8, 4) is 17.0 Å². The highest BCUT2D eigenvalue weighted by molar-refractivity contribution is 7.10. The second-order valence-electron chi connectivity index (χ2n) is 5.03. The van der Waals surface area contributed by atoms with Gasteiger partial charge in [-0.25, -0.2) is 4.98 Å². The summed E-state index contributed by atoms with van der Waals surface area (Å²) in [6.07, 6.45) is 1.02. The number of ether oxygens (including phenoxy) is 2. The van der Waals surface area contributed by atoms with Crippen LogP contribution in [0.5, 0.6) is 5.75 Å². The second-order valence-corrected chi connectivity index (χ2v) is 5.92. The summed E-state index contributed by atoms with van der Waals surface area (Å²) in [6, 6.07) is 8.37. The summed E-state index contributed by atoms with van der Waals surface area (Å²) >= 11 is 1.68. The van der Waals surface area contributed by atoms with Gasteiger partial charge in [0.15, 0.2) is 0 Å². The summed E-state index contributed by atoms with van der Waals surface area (Å²) in [5, 5.41) is 6.63. The number of nitrogens with zero attached hydrogens (tertiary/aromatic N) is 1. The first kappa shape index (κ1) is 14.5.